The number of amides is 1. The zero-order chi connectivity index (χ0) is 13.2. The van der Waals surface area contributed by atoms with Crippen LogP contribution in [0.2, 0.25) is 0 Å². The Balaban J connectivity index is 0.00000180. The van der Waals surface area contributed by atoms with Crippen molar-refractivity contribution in [3.63, 3.8) is 0 Å². The van der Waals surface area contributed by atoms with Crippen LogP contribution in [0.25, 0.3) is 0 Å². The monoisotopic (exact) mass is 311 g/mol. The summed E-state index contributed by atoms with van der Waals surface area (Å²) in [7, 11) is -1.76. The molecule has 0 bridgehead atoms. The van der Waals surface area contributed by atoms with Gasteiger partial charge in [-0.2, -0.15) is 4.31 Å². The fraction of sp³-hybridized carbons (Fsp3) is 0.909. The quantitative estimate of drug-likeness (QED) is 0.744. The number of sulfonamides is 1. The molecule has 0 aromatic carbocycles. The summed E-state index contributed by atoms with van der Waals surface area (Å²) < 4.78 is 25.1. The zero-order valence-electron chi connectivity index (χ0n) is 11.2. The number of carbonyl (C=O) groups excluding carboxylic acids is 1. The van der Waals surface area contributed by atoms with Gasteiger partial charge in [-0.25, -0.2) is 8.42 Å². The topological polar surface area (TPSA) is 69.7 Å². The van der Waals surface area contributed by atoms with Crippen LogP contribution < -0.4 is 5.32 Å². The van der Waals surface area contributed by atoms with Gasteiger partial charge in [-0.3, -0.25) is 4.79 Å². The van der Waals surface area contributed by atoms with Crippen molar-refractivity contribution in [3.05, 3.63) is 0 Å². The Hall–Kier alpha value is -0.370. The molecule has 0 aromatic rings. The van der Waals surface area contributed by atoms with Crippen LogP contribution in [0.3, 0.4) is 0 Å². The van der Waals surface area contributed by atoms with Crippen molar-refractivity contribution in [2.45, 2.75) is 12.8 Å². The maximum atomic E-state index is 11.9. The van der Waals surface area contributed by atoms with E-state index in [2.05, 4.69) is 5.32 Å². The van der Waals surface area contributed by atoms with Gasteiger partial charge in [0, 0.05) is 33.2 Å². The SMILES string of the molecule is CN(CC(=O)N1CCNCC1)S(=O)(=O)CC1CC1.Cl. The van der Waals surface area contributed by atoms with Gasteiger partial charge in [0.05, 0.1) is 12.3 Å². The van der Waals surface area contributed by atoms with Gasteiger partial charge < -0.3 is 10.2 Å². The third kappa shape index (κ3) is 4.91. The van der Waals surface area contributed by atoms with Crippen LogP contribution in [0.15, 0.2) is 0 Å². The van der Waals surface area contributed by atoms with E-state index < -0.39 is 10.0 Å². The Morgan fingerprint density at radius 2 is 1.89 bits per heavy atom. The number of rotatable bonds is 5. The average molecular weight is 312 g/mol. The van der Waals surface area contributed by atoms with E-state index in [1.54, 1.807) is 4.90 Å². The highest BCUT2D eigenvalue weighted by atomic mass is 35.5. The minimum Gasteiger partial charge on any atom is -0.339 e. The third-order valence-electron chi connectivity index (χ3n) is 3.45. The van der Waals surface area contributed by atoms with Crippen LogP contribution in [0.4, 0.5) is 0 Å². The molecule has 1 heterocycles. The minimum atomic E-state index is -3.26. The summed E-state index contributed by atoms with van der Waals surface area (Å²) in [6.45, 7) is 2.86. The van der Waals surface area contributed by atoms with E-state index in [0.717, 1.165) is 25.9 Å². The lowest BCUT2D eigenvalue weighted by molar-refractivity contribution is -0.131. The molecule has 1 aliphatic carbocycles. The fourth-order valence-corrected chi connectivity index (χ4v) is 3.50. The van der Waals surface area contributed by atoms with Crippen LogP contribution in [0.1, 0.15) is 12.8 Å². The van der Waals surface area contributed by atoms with Crippen molar-refractivity contribution < 1.29 is 13.2 Å². The van der Waals surface area contributed by atoms with Gasteiger partial charge >= 0.3 is 0 Å². The number of halogens is 1. The molecule has 1 amide bonds. The molecule has 1 saturated heterocycles. The maximum Gasteiger partial charge on any atom is 0.237 e. The minimum absolute atomic E-state index is 0. The van der Waals surface area contributed by atoms with Crippen molar-refractivity contribution in [2.24, 2.45) is 5.92 Å². The summed E-state index contributed by atoms with van der Waals surface area (Å²) in [6.07, 6.45) is 2.00. The number of carbonyl (C=O) groups is 1. The normalized spacial score (nSPS) is 20.2. The second kappa shape index (κ2) is 6.88. The number of hydrogen-bond acceptors (Lipinski definition) is 4. The van der Waals surface area contributed by atoms with Crippen LogP contribution in [0.5, 0.6) is 0 Å². The molecule has 6 nitrogen and oxygen atoms in total. The maximum absolute atomic E-state index is 11.9. The number of piperazine rings is 1. The predicted molar refractivity (Wildman–Crippen MR) is 75.8 cm³/mol. The van der Waals surface area contributed by atoms with Gasteiger partial charge in [0.1, 0.15) is 0 Å². The molecule has 1 N–H and O–H groups in total. The molecule has 2 aliphatic rings. The number of hydrogen-bond donors (Lipinski definition) is 1. The Kier molecular flexibility index (Phi) is 6.04. The first-order valence-electron chi connectivity index (χ1n) is 6.41. The van der Waals surface area contributed by atoms with E-state index in [1.807, 2.05) is 0 Å². The standard InChI is InChI=1S/C11H21N3O3S.ClH/c1-13(18(16,17)9-10-2-3-10)8-11(15)14-6-4-12-5-7-14;/h10,12H,2-9H2,1H3;1H. The lowest BCUT2D eigenvalue weighted by Crippen LogP contribution is -2.50. The molecule has 2 fully saturated rings. The smallest absolute Gasteiger partial charge is 0.237 e. The van der Waals surface area contributed by atoms with E-state index >= 15 is 0 Å². The molecule has 1 aliphatic heterocycles. The molecule has 19 heavy (non-hydrogen) atoms. The molecular formula is C11H22ClN3O3S. The molecule has 112 valence electrons. The first kappa shape index (κ1) is 16.7. The highest BCUT2D eigenvalue weighted by Crippen LogP contribution is 2.30. The van der Waals surface area contributed by atoms with Gasteiger partial charge in [-0.1, -0.05) is 0 Å². The van der Waals surface area contributed by atoms with Gasteiger partial charge in [0.15, 0.2) is 0 Å². The molecule has 2 rings (SSSR count). The van der Waals surface area contributed by atoms with E-state index in [9.17, 15) is 13.2 Å². The Bertz CT molecular complexity index is 405. The van der Waals surface area contributed by atoms with E-state index in [4.69, 9.17) is 0 Å². The van der Waals surface area contributed by atoms with Crippen molar-refractivity contribution in [1.82, 2.24) is 14.5 Å². The van der Waals surface area contributed by atoms with Crippen molar-refractivity contribution in [3.8, 4) is 0 Å². The predicted octanol–water partition coefficient (Wildman–Crippen LogP) is -0.488. The lowest BCUT2D eigenvalue weighted by atomic mass is 10.3. The number of likely N-dealkylation sites (N-methyl/N-ethyl adjacent to an activating group) is 1. The van der Waals surface area contributed by atoms with E-state index in [1.165, 1.54) is 11.4 Å². The zero-order valence-corrected chi connectivity index (χ0v) is 12.8. The summed E-state index contributed by atoms with van der Waals surface area (Å²) >= 11 is 0. The second-order valence-corrected chi connectivity index (χ2v) is 7.23. The molecule has 8 heteroatoms. The second-order valence-electron chi connectivity index (χ2n) is 5.11. The van der Waals surface area contributed by atoms with E-state index in [-0.39, 0.29) is 30.6 Å². The number of nitrogens with one attached hydrogen (secondary N) is 1. The molecule has 0 aromatic heterocycles. The van der Waals surface area contributed by atoms with Crippen molar-refractivity contribution >= 4 is 28.3 Å². The van der Waals surface area contributed by atoms with Crippen LogP contribution in [0, 0.1) is 5.92 Å². The summed E-state index contributed by atoms with van der Waals surface area (Å²) in [4.78, 5) is 13.7. The summed E-state index contributed by atoms with van der Waals surface area (Å²) in [5.41, 5.74) is 0. The van der Waals surface area contributed by atoms with Gasteiger partial charge in [0.25, 0.3) is 0 Å². The summed E-state index contributed by atoms with van der Waals surface area (Å²) in [5, 5.41) is 3.16. The Labute approximate surface area is 121 Å². The molecular weight excluding hydrogens is 290 g/mol. The largest absolute Gasteiger partial charge is 0.339 e. The third-order valence-corrected chi connectivity index (χ3v) is 5.42. The fourth-order valence-electron chi connectivity index (χ4n) is 2.01. The van der Waals surface area contributed by atoms with E-state index in [0.29, 0.717) is 19.0 Å². The Morgan fingerprint density at radius 3 is 2.42 bits per heavy atom. The van der Waals surface area contributed by atoms with Crippen LogP contribution >= 0.6 is 12.4 Å². The Morgan fingerprint density at radius 1 is 1.32 bits per heavy atom. The molecule has 0 unspecified atom stereocenters. The summed E-state index contributed by atoms with van der Waals surface area (Å²) in [6, 6.07) is 0. The average Bonchev–Trinajstić information content (AvgIpc) is 3.13. The highest BCUT2D eigenvalue weighted by Gasteiger charge is 2.31. The number of nitrogens with zero attached hydrogens (tertiary/aromatic N) is 2. The summed E-state index contributed by atoms with van der Waals surface area (Å²) in [5.74, 6) is 0.406. The van der Waals surface area contributed by atoms with Crippen LogP contribution in [-0.2, 0) is 14.8 Å². The molecule has 0 atom stereocenters. The first-order valence-corrected chi connectivity index (χ1v) is 8.02. The molecule has 1 saturated carbocycles. The lowest BCUT2D eigenvalue weighted by Gasteiger charge is -2.29. The van der Waals surface area contributed by atoms with Crippen molar-refractivity contribution in [2.75, 3.05) is 45.5 Å². The van der Waals surface area contributed by atoms with Crippen LogP contribution in [-0.4, -0.2) is 69.1 Å². The molecule has 0 radical (unpaired) electrons. The van der Waals surface area contributed by atoms with Gasteiger partial charge in [0.2, 0.25) is 15.9 Å². The highest BCUT2D eigenvalue weighted by molar-refractivity contribution is 7.89. The molecule has 0 spiro atoms. The van der Waals surface area contributed by atoms with Crippen molar-refractivity contribution in [1.29, 1.82) is 0 Å². The van der Waals surface area contributed by atoms with Gasteiger partial charge in [-0.15, -0.1) is 12.4 Å². The van der Waals surface area contributed by atoms with Gasteiger partial charge in [-0.05, 0) is 18.8 Å². The first-order chi connectivity index (χ1) is 8.49.